The van der Waals surface area contributed by atoms with E-state index in [-0.39, 0.29) is 0 Å². The monoisotopic (exact) mass is 377 g/mol. The molecular formula is C24H31N3O. The number of nitrogens with one attached hydrogen (secondary N) is 1. The zero-order valence-corrected chi connectivity index (χ0v) is 17.0. The van der Waals surface area contributed by atoms with Crippen LogP contribution in [-0.4, -0.2) is 28.1 Å². The van der Waals surface area contributed by atoms with Crippen LogP contribution in [0, 0.1) is 6.92 Å². The number of benzene rings is 1. The molecule has 2 bridgehead atoms. The van der Waals surface area contributed by atoms with Gasteiger partial charge in [0.2, 0.25) is 0 Å². The molecule has 2 saturated heterocycles. The predicted molar refractivity (Wildman–Crippen MR) is 115 cm³/mol. The van der Waals surface area contributed by atoms with Crippen molar-refractivity contribution >= 4 is 5.65 Å². The number of fused-ring (bicyclic) bond motifs is 3. The van der Waals surface area contributed by atoms with Crippen molar-refractivity contribution in [2.75, 3.05) is 6.61 Å². The van der Waals surface area contributed by atoms with Crippen molar-refractivity contribution in [3.63, 3.8) is 0 Å². The van der Waals surface area contributed by atoms with Crippen molar-refractivity contribution in [3.8, 4) is 17.0 Å². The summed E-state index contributed by atoms with van der Waals surface area (Å²) in [6.45, 7) is 4.91. The molecule has 2 fully saturated rings. The maximum atomic E-state index is 5.81. The van der Waals surface area contributed by atoms with Gasteiger partial charge >= 0.3 is 0 Å². The van der Waals surface area contributed by atoms with Gasteiger partial charge in [0, 0.05) is 30.0 Å². The molecule has 4 heteroatoms. The molecule has 0 spiro atoms. The van der Waals surface area contributed by atoms with E-state index in [0.29, 0.717) is 0 Å². The Balaban J connectivity index is 0.000000198. The zero-order chi connectivity index (χ0) is 19.3. The number of pyridine rings is 1. The number of para-hydroxylation sites is 1. The fraction of sp³-hybridized carbons (Fsp3) is 0.458. The average molecular weight is 378 g/mol. The smallest absolute Gasteiger partial charge is 0.137 e. The van der Waals surface area contributed by atoms with Gasteiger partial charge < -0.3 is 14.5 Å². The highest BCUT2D eigenvalue weighted by Crippen LogP contribution is 2.29. The van der Waals surface area contributed by atoms with Crippen LogP contribution >= 0.6 is 0 Å². The van der Waals surface area contributed by atoms with Crippen LogP contribution in [0.1, 0.15) is 51.0 Å². The van der Waals surface area contributed by atoms with Crippen molar-refractivity contribution in [1.82, 2.24) is 14.7 Å². The first kappa shape index (κ1) is 19.0. The van der Waals surface area contributed by atoms with E-state index in [1.165, 1.54) is 37.7 Å². The van der Waals surface area contributed by atoms with E-state index in [1.807, 2.05) is 35.0 Å². The Morgan fingerprint density at radius 1 is 1.11 bits per heavy atom. The Morgan fingerprint density at radius 3 is 2.64 bits per heavy atom. The summed E-state index contributed by atoms with van der Waals surface area (Å²) in [7, 11) is 0. The fourth-order valence-electron chi connectivity index (χ4n) is 4.20. The fourth-order valence-corrected chi connectivity index (χ4v) is 4.20. The van der Waals surface area contributed by atoms with Gasteiger partial charge in [-0.2, -0.15) is 0 Å². The molecule has 148 valence electrons. The van der Waals surface area contributed by atoms with E-state index < -0.39 is 0 Å². The molecule has 2 atom stereocenters. The van der Waals surface area contributed by atoms with Crippen molar-refractivity contribution in [2.24, 2.45) is 0 Å². The molecular weight excluding hydrogens is 346 g/mol. The molecule has 5 rings (SSSR count). The van der Waals surface area contributed by atoms with Gasteiger partial charge in [0.15, 0.2) is 0 Å². The molecule has 3 aromatic rings. The van der Waals surface area contributed by atoms with E-state index in [0.717, 1.165) is 47.8 Å². The minimum absolute atomic E-state index is 0.726. The van der Waals surface area contributed by atoms with Crippen molar-refractivity contribution < 1.29 is 4.74 Å². The maximum Gasteiger partial charge on any atom is 0.137 e. The number of hydrogen-bond acceptors (Lipinski definition) is 3. The second-order valence-corrected chi connectivity index (χ2v) is 8.01. The van der Waals surface area contributed by atoms with Gasteiger partial charge in [0.25, 0.3) is 0 Å². The molecule has 2 unspecified atom stereocenters. The molecule has 4 nitrogen and oxygen atoms in total. The highest BCUT2D eigenvalue weighted by molar-refractivity contribution is 5.69. The molecule has 2 aliphatic heterocycles. The number of ether oxygens (including phenoxy) is 1. The summed E-state index contributed by atoms with van der Waals surface area (Å²) >= 11 is 0. The Bertz CT molecular complexity index is 903. The highest BCUT2D eigenvalue weighted by atomic mass is 16.5. The van der Waals surface area contributed by atoms with Crippen LogP contribution in [0.15, 0.2) is 48.8 Å². The lowest BCUT2D eigenvalue weighted by Gasteiger charge is -2.19. The van der Waals surface area contributed by atoms with E-state index in [1.54, 1.807) is 0 Å². The Kier molecular flexibility index (Phi) is 5.96. The molecule has 0 saturated carbocycles. The lowest BCUT2D eigenvalue weighted by molar-refractivity contribution is 0.318. The van der Waals surface area contributed by atoms with E-state index >= 15 is 0 Å². The zero-order valence-electron chi connectivity index (χ0n) is 17.0. The third kappa shape index (κ3) is 4.39. The normalized spacial score (nSPS) is 20.6. The van der Waals surface area contributed by atoms with Gasteiger partial charge in [0.05, 0.1) is 12.3 Å². The third-order valence-electron chi connectivity index (χ3n) is 5.68. The van der Waals surface area contributed by atoms with E-state index in [4.69, 9.17) is 9.72 Å². The van der Waals surface area contributed by atoms with Gasteiger partial charge in [0.1, 0.15) is 11.4 Å². The summed E-state index contributed by atoms with van der Waals surface area (Å²) in [6.07, 6.45) is 12.3. The number of aromatic nitrogens is 2. The second kappa shape index (κ2) is 8.78. The molecule has 1 aromatic carbocycles. The standard InChI is InChI=1S/C17H18N2O.C7H13N/c1-3-10-20-16-7-5-4-6-14(16)15-12-19-9-8-13(2)11-17(19)18-15;1-2-6-4-5-7(3-1)8-6/h4-9,11-12H,3,10H2,1-2H3;6-8H,1-5H2. The molecule has 0 radical (unpaired) electrons. The maximum absolute atomic E-state index is 5.81. The van der Waals surface area contributed by atoms with Crippen molar-refractivity contribution in [1.29, 1.82) is 0 Å². The molecule has 0 amide bonds. The first-order valence-electron chi connectivity index (χ1n) is 10.7. The first-order chi connectivity index (χ1) is 13.7. The largest absolute Gasteiger partial charge is 0.493 e. The van der Waals surface area contributed by atoms with Crippen LogP contribution < -0.4 is 10.1 Å². The second-order valence-electron chi connectivity index (χ2n) is 8.01. The van der Waals surface area contributed by atoms with Gasteiger partial charge in [-0.3, -0.25) is 0 Å². The van der Waals surface area contributed by atoms with Crippen LogP contribution in [0.25, 0.3) is 16.9 Å². The van der Waals surface area contributed by atoms with Crippen LogP contribution in [0.5, 0.6) is 5.75 Å². The summed E-state index contributed by atoms with van der Waals surface area (Å²) in [5.74, 6) is 0.898. The van der Waals surface area contributed by atoms with Gasteiger partial charge in [-0.1, -0.05) is 25.5 Å². The highest BCUT2D eigenvalue weighted by Gasteiger charge is 2.26. The van der Waals surface area contributed by atoms with Gasteiger partial charge in [-0.05, 0) is 68.9 Å². The number of piperidine rings is 1. The summed E-state index contributed by atoms with van der Waals surface area (Å²) in [5, 5.41) is 3.59. The quantitative estimate of drug-likeness (QED) is 0.662. The molecule has 4 heterocycles. The SMILES string of the molecule is C1CC2CCC(C1)N2.CCCOc1ccccc1-c1cn2ccc(C)cc2n1. The lowest BCUT2D eigenvalue weighted by Crippen LogP contribution is -2.33. The average Bonchev–Trinajstić information content (AvgIpc) is 3.29. The van der Waals surface area contributed by atoms with E-state index in [9.17, 15) is 0 Å². The molecule has 1 N–H and O–H groups in total. The predicted octanol–water partition coefficient (Wildman–Crippen LogP) is 5.39. The van der Waals surface area contributed by atoms with Crippen LogP contribution in [0.4, 0.5) is 0 Å². The minimum atomic E-state index is 0.726. The number of nitrogens with zero attached hydrogens (tertiary/aromatic N) is 2. The molecule has 28 heavy (non-hydrogen) atoms. The molecule has 2 aromatic heterocycles. The van der Waals surface area contributed by atoms with Crippen LogP contribution in [-0.2, 0) is 0 Å². The Hall–Kier alpha value is -2.33. The first-order valence-corrected chi connectivity index (χ1v) is 10.7. The number of rotatable bonds is 4. The van der Waals surface area contributed by atoms with Crippen LogP contribution in [0.3, 0.4) is 0 Å². The van der Waals surface area contributed by atoms with Crippen molar-refractivity contribution in [2.45, 2.75) is 64.5 Å². The third-order valence-corrected chi connectivity index (χ3v) is 5.68. The summed E-state index contributed by atoms with van der Waals surface area (Å²) in [5.41, 5.74) is 4.17. The topological polar surface area (TPSA) is 38.6 Å². The van der Waals surface area contributed by atoms with Gasteiger partial charge in [-0.25, -0.2) is 4.98 Å². The van der Waals surface area contributed by atoms with E-state index in [2.05, 4.69) is 37.4 Å². The minimum Gasteiger partial charge on any atom is -0.493 e. The van der Waals surface area contributed by atoms with Crippen molar-refractivity contribution in [3.05, 3.63) is 54.4 Å². The lowest BCUT2D eigenvalue weighted by atomic mass is 10.1. The summed E-state index contributed by atoms with van der Waals surface area (Å²) in [6, 6.07) is 14.1. The summed E-state index contributed by atoms with van der Waals surface area (Å²) in [4.78, 5) is 4.70. The number of hydrogen-bond donors (Lipinski definition) is 1. The Labute approximate surface area is 167 Å². The number of aryl methyl sites for hydroxylation is 1. The molecule has 2 aliphatic rings. The molecule has 0 aliphatic carbocycles. The summed E-state index contributed by atoms with van der Waals surface area (Å²) < 4.78 is 7.85. The Morgan fingerprint density at radius 2 is 1.89 bits per heavy atom. The van der Waals surface area contributed by atoms with Gasteiger partial charge in [-0.15, -0.1) is 0 Å². The van der Waals surface area contributed by atoms with Crippen LogP contribution in [0.2, 0.25) is 0 Å². The number of imidazole rings is 1.